The van der Waals surface area contributed by atoms with Gasteiger partial charge in [0.1, 0.15) is 5.82 Å². The van der Waals surface area contributed by atoms with Crippen molar-refractivity contribution in [3.63, 3.8) is 0 Å². The molecular formula is C15H16N4. The highest BCUT2D eigenvalue weighted by molar-refractivity contribution is 5.85. The summed E-state index contributed by atoms with van der Waals surface area (Å²) >= 11 is 0. The first-order chi connectivity index (χ1) is 9.16. The number of hydrogen-bond donors (Lipinski definition) is 1. The number of para-hydroxylation sites is 1. The zero-order valence-corrected chi connectivity index (χ0v) is 11.1. The fourth-order valence-electron chi connectivity index (χ4n) is 2.44. The van der Waals surface area contributed by atoms with Crippen LogP contribution in [0.15, 0.2) is 36.7 Å². The molecule has 1 aromatic carbocycles. The van der Waals surface area contributed by atoms with Crippen molar-refractivity contribution in [1.82, 2.24) is 14.5 Å². The van der Waals surface area contributed by atoms with Crippen LogP contribution in [0.25, 0.3) is 10.9 Å². The molecule has 0 aliphatic rings. The minimum absolute atomic E-state index is 0.596. The van der Waals surface area contributed by atoms with E-state index in [9.17, 15) is 0 Å². The van der Waals surface area contributed by atoms with Crippen molar-refractivity contribution in [3.05, 3.63) is 53.7 Å². The molecule has 0 spiro atoms. The smallest absolute Gasteiger partial charge is 0.132 e. The average molecular weight is 252 g/mol. The van der Waals surface area contributed by atoms with Crippen LogP contribution in [0.5, 0.6) is 0 Å². The molecule has 0 aliphatic heterocycles. The number of hydrogen-bond acceptors (Lipinski definition) is 3. The molecule has 0 saturated heterocycles. The molecule has 19 heavy (non-hydrogen) atoms. The Morgan fingerprint density at radius 1 is 1.16 bits per heavy atom. The molecule has 96 valence electrons. The van der Waals surface area contributed by atoms with Crippen molar-refractivity contribution in [2.75, 3.05) is 5.73 Å². The number of fused-ring (bicyclic) bond motifs is 1. The molecule has 2 heterocycles. The van der Waals surface area contributed by atoms with Gasteiger partial charge < -0.3 is 10.3 Å². The SMILES string of the molecule is Cc1c(Cc2ncc(N)cn2)c2ccccc2n1C. The number of rotatable bonds is 2. The van der Waals surface area contributed by atoms with Crippen molar-refractivity contribution < 1.29 is 0 Å². The first kappa shape index (κ1) is 11.7. The Morgan fingerprint density at radius 2 is 1.84 bits per heavy atom. The minimum atomic E-state index is 0.596. The van der Waals surface area contributed by atoms with Crippen LogP contribution >= 0.6 is 0 Å². The summed E-state index contributed by atoms with van der Waals surface area (Å²) in [6, 6.07) is 8.41. The van der Waals surface area contributed by atoms with Crippen LogP contribution in [0, 0.1) is 6.92 Å². The Bertz CT molecular complexity index is 726. The zero-order valence-electron chi connectivity index (χ0n) is 11.1. The quantitative estimate of drug-likeness (QED) is 0.762. The predicted octanol–water partition coefficient (Wildman–Crippen LogP) is 2.45. The van der Waals surface area contributed by atoms with E-state index in [1.807, 2.05) is 0 Å². The monoisotopic (exact) mass is 252 g/mol. The first-order valence-corrected chi connectivity index (χ1v) is 6.26. The van der Waals surface area contributed by atoms with E-state index in [0.29, 0.717) is 5.69 Å². The highest BCUT2D eigenvalue weighted by Gasteiger charge is 2.12. The Balaban J connectivity index is 2.10. The molecule has 0 fully saturated rings. The molecule has 0 bridgehead atoms. The van der Waals surface area contributed by atoms with Crippen LogP contribution < -0.4 is 5.73 Å². The summed E-state index contributed by atoms with van der Waals surface area (Å²) in [6.45, 7) is 2.13. The molecular weight excluding hydrogens is 236 g/mol. The summed E-state index contributed by atoms with van der Waals surface area (Å²) in [6.07, 6.45) is 4.04. The fourth-order valence-corrected chi connectivity index (χ4v) is 2.44. The van der Waals surface area contributed by atoms with Crippen LogP contribution in [-0.2, 0) is 13.5 Å². The summed E-state index contributed by atoms with van der Waals surface area (Å²) in [5, 5.41) is 1.27. The van der Waals surface area contributed by atoms with Gasteiger partial charge in [-0.15, -0.1) is 0 Å². The Kier molecular flexibility index (Phi) is 2.71. The van der Waals surface area contributed by atoms with Gasteiger partial charge in [-0.2, -0.15) is 0 Å². The summed E-state index contributed by atoms with van der Waals surface area (Å²) in [5.74, 6) is 0.800. The lowest BCUT2D eigenvalue weighted by molar-refractivity contribution is 0.889. The van der Waals surface area contributed by atoms with Gasteiger partial charge in [-0.3, -0.25) is 0 Å². The third-order valence-corrected chi connectivity index (χ3v) is 3.59. The molecule has 2 aromatic heterocycles. The van der Waals surface area contributed by atoms with Gasteiger partial charge in [0, 0.05) is 30.1 Å². The number of anilines is 1. The van der Waals surface area contributed by atoms with Crippen molar-refractivity contribution in [2.24, 2.45) is 7.05 Å². The predicted molar refractivity (Wildman–Crippen MR) is 76.9 cm³/mol. The molecule has 4 heteroatoms. The molecule has 0 amide bonds. The lowest BCUT2D eigenvalue weighted by Gasteiger charge is -2.02. The summed E-state index contributed by atoms with van der Waals surface area (Å²) in [7, 11) is 2.09. The van der Waals surface area contributed by atoms with E-state index in [2.05, 4.69) is 52.8 Å². The lowest BCUT2D eigenvalue weighted by atomic mass is 10.1. The molecule has 2 N–H and O–H groups in total. The van der Waals surface area contributed by atoms with Crippen LogP contribution in [0.3, 0.4) is 0 Å². The lowest BCUT2D eigenvalue weighted by Crippen LogP contribution is -1.99. The zero-order chi connectivity index (χ0) is 13.4. The van der Waals surface area contributed by atoms with Crippen LogP contribution in [0.2, 0.25) is 0 Å². The maximum absolute atomic E-state index is 5.62. The molecule has 0 aliphatic carbocycles. The molecule has 0 saturated carbocycles. The van der Waals surface area contributed by atoms with Crippen molar-refractivity contribution in [3.8, 4) is 0 Å². The highest BCUT2D eigenvalue weighted by Crippen LogP contribution is 2.26. The van der Waals surface area contributed by atoms with Crippen LogP contribution in [0.4, 0.5) is 5.69 Å². The average Bonchev–Trinajstić information content (AvgIpc) is 2.67. The van der Waals surface area contributed by atoms with E-state index in [1.165, 1.54) is 22.2 Å². The number of aromatic nitrogens is 3. The largest absolute Gasteiger partial charge is 0.396 e. The molecule has 0 atom stereocenters. The van der Waals surface area contributed by atoms with E-state index in [-0.39, 0.29) is 0 Å². The number of nitrogens with zero attached hydrogens (tertiary/aromatic N) is 3. The van der Waals surface area contributed by atoms with Crippen LogP contribution in [0.1, 0.15) is 17.1 Å². The van der Waals surface area contributed by atoms with Gasteiger partial charge in [-0.25, -0.2) is 9.97 Å². The third-order valence-electron chi connectivity index (χ3n) is 3.59. The van der Waals surface area contributed by atoms with Crippen molar-refractivity contribution >= 4 is 16.6 Å². The molecule has 0 unspecified atom stereocenters. The molecule has 3 aromatic rings. The van der Waals surface area contributed by atoms with Gasteiger partial charge in [0.05, 0.1) is 18.1 Å². The summed E-state index contributed by atoms with van der Waals surface area (Å²) in [4.78, 5) is 8.57. The van der Waals surface area contributed by atoms with Gasteiger partial charge in [0.25, 0.3) is 0 Å². The van der Waals surface area contributed by atoms with E-state index >= 15 is 0 Å². The number of aryl methyl sites for hydroxylation is 1. The van der Waals surface area contributed by atoms with E-state index in [1.54, 1.807) is 12.4 Å². The van der Waals surface area contributed by atoms with Gasteiger partial charge in [0.15, 0.2) is 0 Å². The van der Waals surface area contributed by atoms with Gasteiger partial charge in [-0.05, 0) is 18.6 Å². The molecule has 3 rings (SSSR count). The van der Waals surface area contributed by atoms with Gasteiger partial charge in [0.2, 0.25) is 0 Å². The third kappa shape index (κ3) is 1.95. The number of benzene rings is 1. The molecule has 4 nitrogen and oxygen atoms in total. The summed E-state index contributed by atoms with van der Waals surface area (Å²) in [5.41, 5.74) is 9.98. The number of nitrogens with two attached hydrogens (primary N) is 1. The minimum Gasteiger partial charge on any atom is -0.396 e. The van der Waals surface area contributed by atoms with E-state index in [0.717, 1.165) is 12.2 Å². The van der Waals surface area contributed by atoms with Crippen molar-refractivity contribution in [2.45, 2.75) is 13.3 Å². The topological polar surface area (TPSA) is 56.7 Å². The Labute approximate surface area is 111 Å². The first-order valence-electron chi connectivity index (χ1n) is 6.26. The van der Waals surface area contributed by atoms with Gasteiger partial charge in [-0.1, -0.05) is 18.2 Å². The fraction of sp³-hybridized carbons (Fsp3) is 0.200. The van der Waals surface area contributed by atoms with E-state index < -0.39 is 0 Å². The highest BCUT2D eigenvalue weighted by atomic mass is 14.9. The Hall–Kier alpha value is -2.36. The van der Waals surface area contributed by atoms with Crippen molar-refractivity contribution in [1.29, 1.82) is 0 Å². The van der Waals surface area contributed by atoms with Gasteiger partial charge >= 0.3 is 0 Å². The molecule has 0 radical (unpaired) electrons. The van der Waals surface area contributed by atoms with E-state index in [4.69, 9.17) is 5.73 Å². The Morgan fingerprint density at radius 3 is 2.58 bits per heavy atom. The second kappa shape index (κ2) is 4.39. The second-order valence-corrected chi connectivity index (χ2v) is 4.75. The normalized spacial score (nSPS) is 11.1. The second-order valence-electron chi connectivity index (χ2n) is 4.75. The maximum Gasteiger partial charge on any atom is 0.132 e. The number of nitrogen functional groups attached to an aromatic ring is 1. The summed E-state index contributed by atoms with van der Waals surface area (Å²) < 4.78 is 2.21. The standard InChI is InChI=1S/C15H16N4/c1-10-13(7-15-17-8-11(16)9-18-15)12-5-3-4-6-14(12)19(10)2/h3-6,8-9H,7,16H2,1-2H3. The van der Waals surface area contributed by atoms with Crippen LogP contribution in [-0.4, -0.2) is 14.5 Å². The maximum atomic E-state index is 5.62.